The maximum Gasteiger partial charge on any atom is 0.239 e. The smallest absolute Gasteiger partial charge is 0.239 e. The van der Waals surface area contributed by atoms with E-state index >= 15 is 0 Å². The Morgan fingerprint density at radius 2 is 2.16 bits per heavy atom. The van der Waals surface area contributed by atoms with Crippen molar-refractivity contribution < 1.29 is 4.79 Å². The van der Waals surface area contributed by atoms with Gasteiger partial charge in [-0.25, -0.2) is 0 Å². The lowest BCUT2D eigenvalue weighted by molar-refractivity contribution is -0.133. The molecular formula is C20H34N4O. The molecule has 5 heteroatoms. The van der Waals surface area contributed by atoms with E-state index in [-0.39, 0.29) is 11.9 Å². The van der Waals surface area contributed by atoms with E-state index in [2.05, 4.69) is 47.6 Å². The van der Waals surface area contributed by atoms with E-state index in [0.29, 0.717) is 6.04 Å². The van der Waals surface area contributed by atoms with Gasteiger partial charge in [-0.2, -0.15) is 0 Å². The fraction of sp³-hybridized carbons (Fsp3) is 0.650. The number of benzene rings is 1. The Hall–Kier alpha value is -1.43. The number of nitrogens with two attached hydrogens (primary N) is 1. The molecule has 140 valence electrons. The minimum Gasteiger partial charge on any atom is -0.337 e. The van der Waals surface area contributed by atoms with E-state index in [0.717, 1.165) is 58.3 Å². The molecule has 3 N–H and O–H groups in total. The fourth-order valence-corrected chi connectivity index (χ4v) is 3.57. The van der Waals surface area contributed by atoms with Gasteiger partial charge in [-0.3, -0.25) is 4.79 Å². The van der Waals surface area contributed by atoms with Crippen LogP contribution in [0.5, 0.6) is 0 Å². The van der Waals surface area contributed by atoms with Crippen LogP contribution in [0.15, 0.2) is 30.3 Å². The highest BCUT2D eigenvalue weighted by molar-refractivity contribution is 5.82. The minimum absolute atomic E-state index is 0.134. The van der Waals surface area contributed by atoms with E-state index in [9.17, 15) is 4.79 Å². The van der Waals surface area contributed by atoms with E-state index < -0.39 is 0 Å². The molecule has 0 bridgehead atoms. The Balaban J connectivity index is 1.78. The molecule has 1 aromatic carbocycles. The highest BCUT2D eigenvalue weighted by Gasteiger charge is 2.31. The molecule has 0 aliphatic carbocycles. The summed E-state index contributed by atoms with van der Waals surface area (Å²) in [5.41, 5.74) is 7.49. The molecule has 1 aliphatic rings. The number of hydrogen-bond donors (Lipinski definition) is 2. The highest BCUT2D eigenvalue weighted by Crippen LogP contribution is 2.19. The fourth-order valence-electron chi connectivity index (χ4n) is 3.57. The molecular weight excluding hydrogens is 312 g/mol. The Labute approximate surface area is 152 Å². The van der Waals surface area contributed by atoms with E-state index in [1.165, 1.54) is 5.56 Å². The molecule has 25 heavy (non-hydrogen) atoms. The van der Waals surface area contributed by atoms with Crippen LogP contribution < -0.4 is 11.1 Å². The zero-order valence-corrected chi connectivity index (χ0v) is 15.8. The van der Waals surface area contributed by atoms with Crippen molar-refractivity contribution in [2.45, 2.75) is 44.2 Å². The molecule has 1 fully saturated rings. The van der Waals surface area contributed by atoms with Gasteiger partial charge in [-0.1, -0.05) is 30.3 Å². The molecule has 0 aromatic heterocycles. The van der Waals surface area contributed by atoms with Gasteiger partial charge < -0.3 is 20.9 Å². The number of carbonyl (C=O) groups excluding carboxylic acids is 1. The predicted octanol–water partition coefficient (Wildman–Crippen LogP) is 1.48. The van der Waals surface area contributed by atoms with Gasteiger partial charge >= 0.3 is 0 Å². The summed E-state index contributed by atoms with van der Waals surface area (Å²) in [7, 11) is 4.08. The van der Waals surface area contributed by atoms with Crippen LogP contribution >= 0.6 is 0 Å². The van der Waals surface area contributed by atoms with E-state index in [1.54, 1.807) is 0 Å². The average molecular weight is 347 g/mol. The van der Waals surface area contributed by atoms with E-state index in [4.69, 9.17) is 5.73 Å². The van der Waals surface area contributed by atoms with Crippen LogP contribution in [-0.2, 0) is 11.2 Å². The third-order valence-electron chi connectivity index (χ3n) is 5.07. The van der Waals surface area contributed by atoms with Gasteiger partial charge in [0, 0.05) is 25.7 Å². The number of carbonyl (C=O) groups is 1. The van der Waals surface area contributed by atoms with Gasteiger partial charge in [0.15, 0.2) is 0 Å². The van der Waals surface area contributed by atoms with Gasteiger partial charge in [0.2, 0.25) is 5.91 Å². The second-order valence-corrected chi connectivity index (χ2v) is 7.18. The Morgan fingerprint density at radius 3 is 2.88 bits per heavy atom. The number of likely N-dealkylation sites (N-methyl/N-ethyl adjacent to an activating group) is 1. The van der Waals surface area contributed by atoms with Gasteiger partial charge in [-0.05, 0) is 58.3 Å². The van der Waals surface area contributed by atoms with Gasteiger partial charge in [-0.15, -0.1) is 0 Å². The molecule has 0 unspecified atom stereocenters. The third kappa shape index (κ3) is 6.42. The van der Waals surface area contributed by atoms with Crippen LogP contribution in [0.25, 0.3) is 0 Å². The minimum atomic E-state index is -0.358. The van der Waals surface area contributed by atoms with Gasteiger partial charge in [0.1, 0.15) is 0 Å². The van der Waals surface area contributed by atoms with E-state index in [1.807, 2.05) is 11.9 Å². The van der Waals surface area contributed by atoms with Crippen molar-refractivity contribution in [2.24, 2.45) is 5.73 Å². The molecule has 0 saturated carbocycles. The first-order chi connectivity index (χ1) is 12.1. The number of amides is 1. The summed E-state index contributed by atoms with van der Waals surface area (Å²) in [6.45, 7) is 3.71. The van der Waals surface area contributed by atoms with Crippen LogP contribution in [0.3, 0.4) is 0 Å². The number of hydrogen-bond acceptors (Lipinski definition) is 4. The SMILES string of the molecule is CNCCC[C@H](N)C(=O)N1CCC[C@H]1CN(C)CCc1ccccc1. The topological polar surface area (TPSA) is 61.6 Å². The molecule has 1 heterocycles. The molecule has 0 spiro atoms. The first-order valence-corrected chi connectivity index (χ1v) is 9.55. The average Bonchev–Trinajstić information content (AvgIpc) is 3.08. The lowest BCUT2D eigenvalue weighted by Crippen LogP contribution is -2.49. The second kappa shape index (κ2) is 10.5. The lowest BCUT2D eigenvalue weighted by Gasteiger charge is -2.30. The molecule has 2 atom stereocenters. The van der Waals surface area contributed by atoms with Crippen LogP contribution in [0, 0.1) is 0 Å². The predicted molar refractivity (Wildman–Crippen MR) is 104 cm³/mol. The molecule has 1 amide bonds. The van der Waals surface area contributed by atoms with Crippen LogP contribution in [0.4, 0.5) is 0 Å². The summed E-state index contributed by atoms with van der Waals surface area (Å²) >= 11 is 0. The number of nitrogens with one attached hydrogen (secondary N) is 1. The first kappa shape index (κ1) is 19.9. The quantitative estimate of drug-likeness (QED) is 0.630. The van der Waals surface area contributed by atoms with Crippen molar-refractivity contribution in [3.05, 3.63) is 35.9 Å². The molecule has 1 saturated heterocycles. The van der Waals surface area contributed by atoms with Crippen molar-refractivity contribution in [3.63, 3.8) is 0 Å². The molecule has 2 rings (SSSR count). The van der Waals surface area contributed by atoms with Crippen LogP contribution in [-0.4, -0.2) is 68.1 Å². The summed E-state index contributed by atoms with van der Waals surface area (Å²) in [6.07, 6.45) is 4.92. The molecule has 5 nitrogen and oxygen atoms in total. The Kier molecular flexibility index (Phi) is 8.38. The summed E-state index contributed by atoms with van der Waals surface area (Å²) in [6, 6.07) is 10.5. The third-order valence-corrected chi connectivity index (χ3v) is 5.07. The summed E-state index contributed by atoms with van der Waals surface area (Å²) < 4.78 is 0. The molecule has 0 radical (unpaired) electrons. The lowest BCUT2D eigenvalue weighted by atomic mass is 10.1. The van der Waals surface area contributed by atoms with Crippen molar-refractivity contribution >= 4 is 5.91 Å². The standard InChI is InChI=1S/C20H34N4O/c1-22-13-6-11-19(21)20(25)24-14-7-10-18(24)16-23(2)15-12-17-8-4-3-5-9-17/h3-5,8-9,18-19,22H,6-7,10-16,21H2,1-2H3/t18-,19-/m0/s1. The molecule has 1 aromatic rings. The zero-order chi connectivity index (χ0) is 18.1. The largest absolute Gasteiger partial charge is 0.337 e. The number of likely N-dealkylation sites (tertiary alicyclic amines) is 1. The summed E-state index contributed by atoms with van der Waals surface area (Å²) in [4.78, 5) is 17.0. The first-order valence-electron chi connectivity index (χ1n) is 9.55. The Morgan fingerprint density at radius 1 is 1.40 bits per heavy atom. The normalized spacial score (nSPS) is 18.7. The Bertz CT molecular complexity index is 508. The van der Waals surface area contributed by atoms with Gasteiger partial charge in [0.05, 0.1) is 6.04 Å². The summed E-state index contributed by atoms with van der Waals surface area (Å²) in [5.74, 6) is 0.134. The monoisotopic (exact) mass is 346 g/mol. The second-order valence-electron chi connectivity index (χ2n) is 7.18. The van der Waals surface area contributed by atoms with Crippen molar-refractivity contribution in [1.29, 1.82) is 0 Å². The maximum atomic E-state index is 12.7. The van der Waals surface area contributed by atoms with Crippen LogP contribution in [0.2, 0.25) is 0 Å². The van der Waals surface area contributed by atoms with Gasteiger partial charge in [0.25, 0.3) is 0 Å². The van der Waals surface area contributed by atoms with Crippen molar-refractivity contribution in [2.75, 3.05) is 40.3 Å². The number of nitrogens with zero attached hydrogens (tertiary/aromatic N) is 2. The maximum absolute atomic E-state index is 12.7. The zero-order valence-electron chi connectivity index (χ0n) is 15.8. The molecule has 1 aliphatic heterocycles. The highest BCUT2D eigenvalue weighted by atomic mass is 16.2. The van der Waals surface area contributed by atoms with Crippen molar-refractivity contribution in [3.8, 4) is 0 Å². The number of rotatable bonds is 10. The van der Waals surface area contributed by atoms with Crippen LogP contribution in [0.1, 0.15) is 31.2 Å². The van der Waals surface area contributed by atoms with Crippen molar-refractivity contribution in [1.82, 2.24) is 15.1 Å². The summed E-state index contributed by atoms with van der Waals surface area (Å²) in [5, 5.41) is 3.11.